The Hall–Kier alpha value is -1.89. The Morgan fingerprint density at radius 3 is 2.71 bits per heavy atom. The molecule has 0 aliphatic heterocycles. The normalized spacial score (nSPS) is 9.47. The van der Waals surface area contributed by atoms with E-state index in [1.165, 1.54) is 6.07 Å². The van der Waals surface area contributed by atoms with Gasteiger partial charge in [0.15, 0.2) is 6.61 Å². The number of aldehydes is 1. The van der Waals surface area contributed by atoms with Crippen LogP contribution < -0.4 is 15.8 Å². The molecule has 7 heteroatoms. The average molecular weight is 301 g/mol. The largest absolute Gasteiger partial charge is 0.483 e. The minimum absolute atomic E-state index is 0.345. The molecule has 0 radical (unpaired) electrons. The maximum atomic E-state index is 11.1. The predicted molar refractivity (Wildman–Crippen MR) is 62.8 cm³/mol. The van der Waals surface area contributed by atoms with Gasteiger partial charge >= 0.3 is 6.03 Å². The summed E-state index contributed by atoms with van der Waals surface area (Å²) < 4.78 is 5.65. The zero-order chi connectivity index (χ0) is 12.8. The lowest BCUT2D eigenvalue weighted by atomic mass is 10.2. The number of carbonyl (C=O) groups is 3. The van der Waals surface area contributed by atoms with Crippen molar-refractivity contribution in [2.45, 2.75) is 0 Å². The van der Waals surface area contributed by atoms with Crippen molar-refractivity contribution >= 4 is 34.2 Å². The summed E-state index contributed by atoms with van der Waals surface area (Å²) in [6.07, 6.45) is 0.689. The highest BCUT2D eigenvalue weighted by Gasteiger charge is 2.07. The zero-order valence-corrected chi connectivity index (χ0v) is 10.2. The van der Waals surface area contributed by atoms with Crippen LogP contribution in [0.5, 0.6) is 5.75 Å². The second-order valence-electron chi connectivity index (χ2n) is 3.01. The molecule has 1 aromatic carbocycles. The predicted octanol–water partition coefficient (Wildman–Crippen LogP) is 0.835. The molecular formula is C10H9BrN2O4. The Kier molecular flexibility index (Phi) is 4.65. The van der Waals surface area contributed by atoms with Gasteiger partial charge in [-0.15, -0.1) is 0 Å². The number of halogens is 1. The quantitative estimate of drug-likeness (QED) is 0.805. The summed E-state index contributed by atoms with van der Waals surface area (Å²) in [4.78, 5) is 31.9. The first-order chi connectivity index (χ1) is 8.02. The number of rotatable bonds is 4. The molecule has 0 aliphatic carbocycles. The number of amides is 3. The van der Waals surface area contributed by atoms with Crippen molar-refractivity contribution in [2.75, 3.05) is 6.61 Å². The molecule has 0 spiro atoms. The zero-order valence-electron chi connectivity index (χ0n) is 8.60. The van der Waals surface area contributed by atoms with Gasteiger partial charge in [0.05, 0.1) is 4.47 Å². The first kappa shape index (κ1) is 13.2. The highest BCUT2D eigenvalue weighted by atomic mass is 79.9. The third-order valence-electron chi connectivity index (χ3n) is 1.71. The molecule has 0 heterocycles. The molecule has 0 bridgehead atoms. The van der Waals surface area contributed by atoms with E-state index in [-0.39, 0.29) is 6.61 Å². The van der Waals surface area contributed by atoms with Gasteiger partial charge in [0.25, 0.3) is 5.91 Å². The molecule has 90 valence electrons. The van der Waals surface area contributed by atoms with Crippen molar-refractivity contribution in [2.24, 2.45) is 5.73 Å². The van der Waals surface area contributed by atoms with Crippen molar-refractivity contribution in [1.82, 2.24) is 5.32 Å². The Labute approximate surface area is 105 Å². The van der Waals surface area contributed by atoms with E-state index in [9.17, 15) is 14.4 Å². The molecule has 0 saturated carbocycles. The van der Waals surface area contributed by atoms with E-state index >= 15 is 0 Å². The van der Waals surface area contributed by atoms with Gasteiger partial charge in [-0.3, -0.25) is 14.9 Å². The van der Waals surface area contributed by atoms with Gasteiger partial charge in [0, 0.05) is 5.56 Å². The Morgan fingerprint density at radius 1 is 1.47 bits per heavy atom. The van der Waals surface area contributed by atoms with Crippen LogP contribution in [0.15, 0.2) is 22.7 Å². The molecule has 0 saturated heterocycles. The number of hydrogen-bond acceptors (Lipinski definition) is 4. The summed E-state index contributed by atoms with van der Waals surface area (Å²) in [6, 6.07) is 3.69. The number of benzene rings is 1. The van der Waals surface area contributed by atoms with Crippen LogP contribution in [0, 0.1) is 0 Å². The Bertz CT molecular complexity index is 462. The summed E-state index contributed by atoms with van der Waals surface area (Å²) in [5.41, 5.74) is 5.23. The third kappa shape index (κ3) is 4.23. The number of primary amides is 1. The molecular weight excluding hydrogens is 292 g/mol. The van der Waals surface area contributed by atoms with Crippen molar-refractivity contribution < 1.29 is 19.1 Å². The van der Waals surface area contributed by atoms with Crippen molar-refractivity contribution in [1.29, 1.82) is 0 Å². The lowest BCUT2D eigenvalue weighted by Gasteiger charge is -2.07. The molecule has 0 fully saturated rings. The topological polar surface area (TPSA) is 98.5 Å². The minimum Gasteiger partial charge on any atom is -0.483 e. The summed E-state index contributed by atoms with van der Waals surface area (Å²) in [5.74, 6) is -0.265. The number of nitrogens with one attached hydrogen (secondary N) is 1. The molecule has 1 rings (SSSR count). The fraction of sp³-hybridized carbons (Fsp3) is 0.100. The number of hydrogen-bond donors (Lipinski definition) is 2. The number of ether oxygens (including phenoxy) is 1. The second-order valence-corrected chi connectivity index (χ2v) is 3.86. The molecule has 0 unspecified atom stereocenters. The monoisotopic (exact) mass is 300 g/mol. The van der Waals surface area contributed by atoms with E-state index in [1.807, 2.05) is 5.32 Å². The maximum absolute atomic E-state index is 11.1. The van der Waals surface area contributed by atoms with E-state index in [4.69, 9.17) is 10.5 Å². The van der Waals surface area contributed by atoms with Gasteiger partial charge in [-0.05, 0) is 34.1 Å². The summed E-state index contributed by atoms with van der Waals surface area (Å²) in [7, 11) is 0. The van der Waals surface area contributed by atoms with Crippen LogP contribution in [0.3, 0.4) is 0 Å². The first-order valence-corrected chi connectivity index (χ1v) is 5.29. The first-order valence-electron chi connectivity index (χ1n) is 4.49. The average Bonchev–Trinajstić information content (AvgIpc) is 2.26. The lowest BCUT2D eigenvalue weighted by molar-refractivity contribution is -0.121. The molecule has 17 heavy (non-hydrogen) atoms. The Morgan fingerprint density at radius 2 is 2.18 bits per heavy atom. The summed E-state index contributed by atoms with van der Waals surface area (Å²) in [5, 5.41) is 1.86. The van der Waals surface area contributed by atoms with Gasteiger partial charge in [0.1, 0.15) is 12.0 Å². The molecule has 6 nitrogen and oxygen atoms in total. The van der Waals surface area contributed by atoms with Gasteiger partial charge in [-0.1, -0.05) is 0 Å². The summed E-state index contributed by atoms with van der Waals surface area (Å²) in [6.45, 7) is -0.345. The van der Waals surface area contributed by atoms with Crippen LogP contribution in [0.4, 0.5) is 4.79 Å². The van der Waals surface area contributed by atoms with E-state index in [0.29, 0.717) is 22.1 Å². The Balaban J connectivity index is 2.60. The number of imide groups is 1. The fourth-order valence-corrected chi connectivity index (χ4v) is 1.54. The molecule has 3 N–H and O–H groups in total. The SMILES string of the molecule is NC(=O)NC(=O)COc1ccc(C=O)cc1Br. The second kappa shape index (κ2) is 6.00. The molecule has 0 atom stereocenters. The van der Waals surface area contributed by atoms with Crippen molar-refractivity contribution in [3.8, 4) is 5.75 Å². The third-order valence-corrected chi connectivity index (χ3v) is 2.33. The molecule has 1 aromatic rings. The van der Waals surface area contributed by atoms with E-state index < -0.39 is 11.9 Å². The van der Waals surface area contributed by atoms with Gasteiger partial charge < -0.3 is 10.5 Å². The standard InChI is InChI=1S/C10H9BrN2O4/c11-7-3-6(4-14)1-2-8(7)17-5-9(15)13-10(12)16/h1-4H,5H2,(H3,12,13,15,16). The minimum atomic E-state index is -0.936. The van der Waals surface area contributed by atoms with Crippen molar-refractivity contribution in [3.05, 3.63) is 28.2 Å². The van der Waals surface area contributed by atoms with Gasteiger partial charge in [-0.25, -0.2) is 4.79 Å². The van der Waals surface area contributed by atoms with E-state index in [0.717, 1.165) is 0 Å². The fourth-order valence-electron chi connectivity index (χ4n) is 1.02. The van der Waals surface area contributed by atoms with Crippen LogP contribution in [-0.2, 0) is 4.79 Å². The maximum Gasteiger partial charge on any atom is 0.318 e. The van der Waals surface area contributed by atoms with Crippen LogP contribution in [0.25, 0.3) is 0 Å². The van der Waals surface area contributed by atoms with Gasteiger partial charge in [-0.2, -0.15) is 0 Å². The molecule has 0 aliphatic rings. The van der Waals surface area contributed by atoms with E-state index in [1.54, 1.807) is 12.1 Å². The highest BCUT2D eigenvalue weighted by Crippen LogP contribution is 2.25. The lowest BCUT2D eigenvalue weighted by Crippen LogP contribution is -2.38. The highest BCUT2D eigenvalue weighted by molar-refractivity contribution is 9.10. The van der Waals surface area contributed by atoms with Gasteiger partial charge in [0.2, 0.25) is 0 Å². The number of nitrogens with two attached hydrogens (primary N) is 1. The molecule has 3 amide bonds. The van der Waals surface area contributed by atoms with Crippen LogP contribution in [0.1, 0.15) is 10.4 Å². The van der Waals surface area contributed by atoms with Crippen LogP contribution >= 0.6 is 15.9 Å². The number of urea groups is 1. The van der Waals surface area contributed by atoms with Crippen LogP contribution in [-0.4, -0.2) is 24.8 Å². The molecule has 0 aromatic heterocycles. The van der Waals surface area contributed by atoms with Crippen LogP contribution in [0.2, 0.25) is 0 Å². The smallest absolute Gasteiger partial charge is 0.318 e. The van der Waals surface area contributed by atoms with E-state index in [2.05, 4.69) is 15.9 Å². The summed E-state index contributed by atoms with van der Waals surface area (Å²) >= 11 is 3.18. The van der Waals surface area contributed by atoms with Crippen molar-refractivity contribution in [3.63, 3.8) is 0 Å². The number of carbonyl (C=O) groups excluding carboxylic acids is 3.